The Labute approximate surface area is 119 Å². The van der Waals surface area contributed by atoms with Crippen LogP contribution in [-0.2, 0) is 0 Å². The third-order valence-corrected chi connectivity index (χ3v) is 4.23. The minimum atomic E-state index is -1.22. The van der Waals surface area contributed by atoms with E-state index in [9.17, 15) is 9.18 Å². The molecule has 2 N–H and O–H groups in total. The Morgan fingerprint density at radius 1 is 1.35 bits per heavy atom. The van der Waals surface area contributed by atoms with E-state index in [1.165, 1.54) is 37.8 Å². The number of benzene rings is 1. The highest BCUT2D eigenvalue weighted by Crippen LogP contribution is 2.27. The second-order valence-electron chi connectivity index (χ2n) is 5.62. The molecule has 0 bridgehead atoms. The molecule has 0 amide bonds. The molecule has 0 spiro atoms. The second kappa shape index (κ2) is 6.73. The van der Waals surface area contributed by atoms with E-state index in [4.69, 9.17) is 5.11 Å². The Morgan fingerprint density at radius 2 is 2.15 bits per heavy atom. The summed E-state index contributed by atoms with van der Waals surface area (Å²) in [4.78, 5) is 10.9. The molecule has 0 saturated heterocycles. The van der Waals surface area contributed by atoms with Crippen LogP contribution in [0.4, 0.5) is 10.1 Å². The molecule has 1 aliphatic carbocycles. The number of anilines is 1. The monoisotopic (exact) mass is 279 g/mol. The first-order valence-electron chi connectivity index (χ1n) is 7.39. The molecule has 2 unspecified atom stereocenters. The maximum absolute atomic E-state index is 13.4. The van der Waals surface area contributed by atoms with Gasteiger partial charge in [0.25, 0.3) is 0 Å². The molecule has 1 aromatic rings. The van der Waals surface area contributed by atoms with Crippen LogP contribution < -0.4 is 5.32 Å². The van der Waals surface area contributed by atoms with Crippen molar-refractivity contribution >= 4 is 11.7 Å². The number of rotatable bonds is 4. The van der Waals surface area contributed by atoms with Gasteiger partial charge in [-0.2, -0.15) is 0 Å². The van der Waals surface area contributed by atoms with Crippen molar-refractivity contribution in [1.29, 1.82) is 0 Å². The maximum Gasteiger partial charge on any atom is 0.338 e. The SMILES string of the molecule is CCC1CCCC(Nc2ccc(F)c(C(=O)O)c2)CC1. The van der Waals surface area contributed by atoms with Crippen LogP contribution in [0.25, 0.3) is 0 Å². The van der Waals surface area contributed by atoms with Gasteiger partial charge in [-0.25, -0.2) is 9.18 Å². The van der Waals surface area contributed by atoms with Crippen LogP contribution >= 0.6 is 0 Å². The summed E-state index contributed by atoms with van der Waals surface area (Å²) in [6.45, 7) is 2.23. The minimum absolute atomic E-state index is 0.268. The molecule has 4 heteroatoms. The van der Waals surface area contributed by atoms with Crippen LogP contribution in [0.1, 0.15) is 55.8 Å². The lowest BCUT2D eigenvalue weighted by atomic mass is 9.98. The average Bonchev–Trinajstić information content (AvgIpc) is 2.66. The molecule has 0 heterocycles. The number of carboxylic acid groups (broad SMARTS) is 1. The summed E-state index contributed by atoms with van der Waals surface area (Å²) in [7, 11) is 0. The van der Waals surface area contributed by atoms with Crippen LogP contribution in [0, 0.1) is 11.7 Å². The molecule has 1 fully saturated rings. The van der Waals surface area contributed by atoms with E-state index in [0.29, 0.717) is 11.7 Å². The van der Waals surface area contributed by atoms with E-state index < -0.39 is 11.8 Å². The van der Waals surface area contributed by atoms with Gasteiger partial charge in [-0.05, 0) is 43.4 Å². The van der Waals surface area contributed by atoms with Crippen LogP contribution in [0.15, 0.2) is 18.2 Å². The molecular formula is C16H22FNO2. The van der Waals surface area contributed by atoms with E-state index in [1.54, 1.807) is 6.07 Å². The summed E-state index contributed by atoms with van der Waals surface area (Å²) in [5, 5.41) is 12.3. The maximum atomic E-state index is 13.4. The van der Waals surface area contributed by atoms with E-state index in [0.717, 1.165) is 18.8 Å². The topological polar surface area (TPSA) is 49.3 Å². The molecule has 2 atom stereocenters. The van der Waals surface area contributed by atoms with Gasteiger partial charge >= 0.3 is 5.97 Å². The van der Waals surface area contributed by atoms with E-state index >= 15 is 0 Å². The van der Waals surface area contributed by atoms with Gasteiger partial charge < -0.3 is 10.4 Å². The van der Waals surface area contributed by atoms with Crippen molar-refractivity contribution in [3.05, 3.63) is 29.6 Å². The third-order valence-electron chi connectivity index (χ3n) is 4.23. The smallest absolute Gasteiger partial charge is 0.338 e. The number of hydrogen-bond donors (Lipinski definition) is 2. The Bertz CT molecular complexity index is 476. The van der Waals surface area contributed by atoms with E-state index in [-0.39, 0.29) is 5.56 Å². The molecule has 1 aromatic carbocycles. The summed E-state index contributed by atoms with van der Waals surface area (Å²) in [6.07, 6.45) is 7.10. The van der Waals surface area contributed by atoms with Crippen molar-refractivity contribution < 1.29 is 14.3 Å². The fourth-order valence-electron chi connectivity index (χ4n) is 2.95. The lowest BCUT2D eigenvalue weighted by molar-refractivity contribution is 0.0692. The fourth-order valence-corrected chi connectivity index (χ4v) is 2.95. The largest absolute Gasteiger partial charge is 0.478 e. The summed E-state index contributed by atoms with van der Waals surface area (Å²) in [6, 6.07) is 4.58. The molecule has 1 saturated carbocycles. The number of aromatic carboxylic acids is 1. The van der Waals surface area contributed by atoms with Crippen LogP contribution in [-0.4, -0.2) is 17.1 Å². The standard InChI is InChI=1S/C16H22FNO2/c1-2-11-4-3-5-12(7-6-11)18-13-8-9-15(17)14(10-13)16(19)20/h8-12,18H,2-7H2,1H3,(H,19,20). The Morgan fingerprint density at radius 3 is 2.85 bits per heavy atom. The predicted octanol–water partition coefficient (Wildman–Crippen LogP) is 4.29. The van der Waals surface area contributed by atoms with Gasteiger partial charge in [0.1, 0.15) is 5.82 Å². The van der Waals surface area contributed by atoms with Gasteiger partial charge in [-0.15, -0.1) is 0 Å². The molecule has 0 aromatic heterocycles. The Balaban J connectivity index is 2.02. The Hall–Kier alpha value is -1.58. The Kier molecular flexibility index (Phi) is 4.99. The van der Waals surface area contributed by atoms with Crippen molar-refractivity contribution in [2.24, 2.45) is 5.92 Å². The molecule has 0 aliphatic heterocycles. The van der Waals surface area contributed by atoms with E-state index in [2.05, 4.69) is 12.2 Å². The van der Waals surface area contributed by atoms with Gasteiger partial charge in [-0.3, -0.25) is 0 Å². The molecule has 1 aliphatic rings. The first-order chi connectivity index (χ1) is 9.60. The number of nitrogens with one attached hydrogen (secondary N) is 1. The highest BCUT2D eigenvalue weighted by atomic mass is 19.1. The quantitative estimate of drug-likeness (QED) is 0.808. The lowest BCUT2D eigenvalue weighted by Gasteiger charge is -2.18. The van der Waals surface area contributed by atoms with Crippen molar-refractivity contribution in [3.63, 3.8) is 0 Å². The van der Waals surface area contributed by atoms with Crippen molar-refractivity contribution in [2.75, 3.05) is 5.32 Å². The zero-order chi connectivity index (χ0) is 14.5. The predicted molar refractivity (Wildman–Crippen MR) is 77.6 cm³/mol. The normalized spacial score (nSPS) is 23.1. The van der Waals surface area contributed by atoms with Crippen LogP contribution in [0.2, 0.25) is 0 Å². The van der Waals surface area contributed by atoms with Crippen molar-refractivity contribution in [3.8, 4) is 0 Å². The lowest BCUT2D eigenvalue weighted by Crippen LogP contribution is -2.19. The van der Waals surface area contributed by atoms with Crippen LogP contribution in [0.5, 0.6) is 0 Å². The number of carboxylic acids is 1. The van der Waals surface area contributed by atoms with Gasteiger partial charge in [0.2, 0.25) is 0 Å². The second-order valence-corrected chi connectivity index (χ2v) is 5.62. The minimum Gasteiger partial charge on any atom is -0.478 e. The zero-order valence-corrected chi connectivity index (χ0v) is 11.9. The third kappa shape index (κ3) is 3.71. The molecule has 2 rings (SSSR count). The molecule has 3 nitrogen and oxygen atoms in total. The van der Waals surface area contributed by atoms with Crippen molar-refractivity contribution in [2.45, 2.75) is 51.5 Å². The molecule has 20 heavy (non-hydrogen) atoms. The molecule has 0 radical (unpaired) electrons. The molecule has 110 valence electrons. The van der Waals surface area contributed by atoms with Crippen molar-refractivity contribution in [1.82, 2.24) is 0 Å². The summed E-state index contributed by atoms with van der Waals surface area (Å²) in [5.41, 5.74) is 0.429. The van der Waals surface area contributed by atoms with Crippen LogP contribution in [0.3, 0.4) is 0 Å². The highest BCUT2D eigenvalue weighted by molar-refractivity contribution is 5.89. The van der Waals surface area contributed by atoms with Gasteiger partial charge in [-0.1, -0.05) is 26.2 Å². The highest BCUT2D eigenvalue weighted by Gasteiger charge is 2.18. The first kappa shape index (κ1) is 14.8. The van der Waals surface area contributed by atoms with E-state index in [1.807, 2.05) is 0 Å². The number of carbonyl (C=O) groups is 1. The average molecular weight is 279 g/mol. The zero-order valence-electron chi connectivity index (χ0n) is 11.9. The summed E-state index contributed by atoms with van der Waals surface area (Å²) in [5.74, 6) is -1.10. The summed E-state index contributed by atoms with van der Waals surface area (Å²) < 4.78 is 13.4. The fraction of sp³-hybridized carbons (Fsp3) is 0.562. The molecular weight excluding hydrogens is 257 g/mol. The number of hydrogen-bond acceptors (Lipinski definition) is 2. The first-order valence-corrected chi connectivity index (χ1v) is 7.39. The summed E-state index contributed by atoms with van der Waals surface area (Å²) >= 11 is 0. The van der Waals surface area contributed by atoms with Gasteiger partial charge in [0.05, 0.1) is 5.56 Å². The van der Waals surface area contributed by atoms with Gasteiger partial charge in [0.15, 0.2) is 0 Å². The number of halogens is 1. The van der Waals surface area contributed by atoms with Gasteiger partial charge in [0, 0.05) is 11.7 Å².